The molecule has 0 atom stereocenters. The fourth-order valence-electron chi connectivity index (χ4n) is 2.79. The summed E-state index contributed by atoms with van der Waals surface area (Å²) in [5.41, 5.74) is 1.15. The van der Waals surface area contributed by atoms with Gasteiger partial charge in [-0.25, -0.2) is 13.1 Å². The van der Waals surface area contributed by atoms with Crippen LogP contribution in [0, 0.1) is 5.92 Å². The van der Waals surface area contributed by atoms with Crippen LogP contribution in [0.3, 0.4) is 0 Å². The first-order chi connectivity index (χ1) is 12.5. The molecule has 0 radical (unpaired) electrons. The van der Waals surface area contributed by atoms with Crippen molar-refractivity contribution in [2.24, 2.45) is 5.92 Å². The van der Waals surface area contributed by atoms with E-state index in [1.165, 1.54) is 12.1 Å². The summed E-state index contributed by atoms with van der Waals surface area (Å²) in [4.78, 5) is 12.1. The van der Waals surface area contributed by atoms with E-state index in [9.17, 15) is 13.2 Å². The van der Waals surface area contributed by atoms with E-state index in [-0.39, 0.29) is 4.90 Å². The lowest BCUT2D eigenvalue weighted by atomic mass is 10.0. The number of hydrogen-bond donors (Lipinski definition) is 2. The van der Waals surface area contributed by atoms with Crippen molar-refractivity contribution in [2.75, 3.05) is 25.1 Å². The van der Waals surface area contributed by atoms with Crippen LogP contribution in [0.25, 0.3) is 0 Å². The lowest BCUT2D eigenvalue weighted by molar-refractivity contribution is 0.0699. The van der Waals surface area contributed by atoms with Crippen LogP contribution in [0.2, 0.25) is 0 Å². The predicted molar refractivity (Wildman–Crippen MR) is 99.6 cm³/mol. The van der Waals surface area contributed by atoms with E-state index in [0.29, 0.717) is 11.5 Å². The van der Waals surface area contributed by atoms with E-state index in [2.05, 4.69) is 10.0 Å². The van der Waals surface area contributed by atoms with Gasteiger partial charge in [-0.3, -0.25) is 4.79 Å². The highest BCUT2D eigenvalue weighted by molar-refractivity contribution is 7.90. The zero-order valence-corrected chi connectivity index (χ0v) is 15.2. The van der Waals surface area contributed by atoms with Crippen molar-refractivity contribution >= 4 is 21.6 Å². The number of benzene rings is 2. The Morgan fingerprint density at radius 3 is 2.31 bits per heavy atom. The molecule has 1 saturated heterocycles. The molecule has 1 amide bonds. The molecule has 138 valence electrons. The van der Waals surface area contributed by atoms with Crippen molar-refractivity contribution in [3.8, 4) is 0 Å². The van der Waals surface area contributed by atoms with Gasteiger partial charge in [-0.05, 0) is 55.2 Å². The maximum atomic E-state index is 12.4. The molecule has 2 aromatic rings. The van der Waals surface area contributed by atoms with Crippen molar-refractivity contribution in [2.45, 2.75) is 17.7 Å². The first-order valence-corrected chi connectivity index (χ1v) is 10.1. The predicted octanol–water partition coefficient (Wildman–Crippen LogP) is 2.64. The average Bonchev–Trinajstić information content (AvgIpc) is 2.68. The molecular weight excluding hydrogens is 352 g/mol. The summed E-state index contributed by atoms with van der Waals surface area (Å²) in [5.74, 6) is -0.0790. The zero-order chi connectivity index (χ0) is 18.4. The molecule has 0 spiro atoms. The van der Waals surface area contributed by atoms with Crippen LogP contribution in [0.1, 0.15) is 23.2 Å². The topological polar surface area (TPSA) is 84.5 Å². The minimum atomic E-state index is -3.90. The molecule has 6 nitrogen and oxygen atoms in total. The number of sulfonamides is 1. The van der Waals surface area contributed by atoms with Crippen LogP contribution in [0.5, 0.6) is 0 Å². The molecular formula is C19H22N2O4S. The molecule has 2 aromatic carbocycles. The van der Waals surface area contributed by atoms with Crippen molar-refractivity contribution < 1.29 is 17.9 Å². The molecule has 1 fully saturated rings. The average molecular weight is 374 g/mol. The number of ether oxygens (including phenoxy) is 1. The van der Waals surface area contributed by atoms with Gasteiger partial charge in [-0.1, -0.05) is 18.2 Å². The van der Waals surface area contributed by atoms with E-state index >= 15 is 0 Å². The Labute approximate surface area is 153 Å². The number of carbonyl (C=O) groups is 1. The van der Waals surface area contributed by atoms with Crippen molar-refractivity contribution in [3.63, 3.8) is 0 Å². The summed E-state index contributed by atoms with van der Waals surface area (Å²) in [6.07, 6.45) is 2.07. The van der Waals surface area contributed by atoms with Crippen molar-refractivity contribution in [3.05, 3.63) is 60.2 Å². The molecule has 1 heterocycles. The van der Waals surface area contributed by atoms with Gasteiger partial charge < -0.3 is 10.1 Å². The van der Waals surface area contributed by atoms with E-state index in [0.717, 1.165) is 38.3 Å². The van der Waals surface area contributed by atoms with Gasteiger partial charge in [0.1, 0.15) is 0 Å². The third-order valence-electron chi connectivity index (χ3n) is 4.36. The van der Waals surface area contributed by atoms with Crippen LogP contribution >= 0.6 is 0 Å². The van der Waals surface area contributed by atoms with Gasteiger partial charge in [0.05, 0.1) is 4.90 Å². The van der Waals surface area contributed by atoms with Gasteiger partial charge in [0.25, 0.3) is 15.9 Å². The Morgan fingerprint density at radius 2 is 1.65 bits per heavy atom. The Kier molecular flexibility index (Phi) is 5.90. The van der Waals surface area contributed by atoms with E-state index in [4.69, 9.17) is 4.74 Å². The summed E-state index contributed by atoms with van der Waals surface area (Å²) in [7, 11) is -3.90. The highest BCUT2D eigenvalue weighted by atomic mass is 32.2. The van der Waals surface area contributed by atoms with Gasteiger partial charge in [-0.15, -0.1) is 0 Å². The van der Waals surface area contributed by atoms with Gasteiger partial charge >= 0.3 is 0 Å². The number of carbonyl (C=O) groups excluding carboxylic acids is 1. The number of anilines is 1. The molecule has 0 saturated carbocycles. The third kappa shape index (κ3) is 4.83. The van der Waals surface area contributed by atoms with Gasteiger partial charge in [-0.2, -0.15) is 0 Å². The highest BCUT2D eigenvalue weighted by Crippen LogP contribution is 2.18. The van der Waals surface area contributed by atoms with Gasteiger partial charge in [0.2, 0.25) is 0 Å². The third-order valence-corrected chi connectivity index (χ3v) is 5.71. The van der Waals surface area contributed by atoms with Crippen LogP contribution in [-0.2, 0) is 14.8 Å². The van der Waals surface area contributed by atoms with E-state index in [1.807, 2.05) is 0 Å². The smallest absolute Gasteiger partial charge is 0.264 e. The quantitative estimate of drug-likeness (QED) is 0.812. The Hall–Kier alpha value is -2.38. The first kappa shape index (κ1) is 18.4. The lowest BCUT2D eigenvalue weighted by Gasteiger charge is -2.22. The maximum absolute atomic E-state index is 12.4. The first-order valence-electron chi connectivity index (χ1n) is 8.58. The fraction of sp³-hybridized carbons (Fsp3) is 0.316. The normalized spacial score (nSPS) is 15.4. The van der Waals surface area contributed by atoms with Crippen LogP contribution in [0.4, 0.5) is 5.69 Å². The second-order valence-corrected chi connectivity index (χ2v) is 7.94. The van der Waals surface area contributed by atoms with E-state index in [1.54, 1.807) is 42.5 Å². The summed E-state index contributed by atoms with van der Waals surface area (Å²) >= 11 is 0. The second-order valence-electron chi connectivity index (χ2n) is 6.26. The van der Waals surface area contributed by atoms with Crippen LogP contribution in [0.15, 0.2) is 59.5 Å². The summed E-state index contributed by atoms with van der Waals surface area (Å²) in [5, 5.41) is 3.32. The standard InChI is InChI=1S/C19H22N2O4S/c22-19(16-4-2-1-3-5-16)21-26(23,24)18-8-6-17(7-9-18)20-14-15-10-12-25-13-11-15/h1-9,15,20H,10-14H2,(H,21,22). The Bertz CT molecular complexity index is 830. The lowest BCUT2D eigenvalue weighted by Crippen LogP contribution is -2.30. The Balaban J connectivity index is 1.60. The largest absolute Gasteiger partial charge is 0.385 e. The van der Waals surface area contributed by atoms with Crippen molar-refractivity contribution in [1.82, 2.24) is 4.72 Å². The molecule has 1 aliphatic heterocycles. The highest BCUT2D eigenvalue weighted by Gasteiger charge is 2.19. The number of rotatable bonds is 6. The fourth-order valence-corrected chi connectivity index (χ4v) is 3.77. The summed E-state index contributed by atoms with van der Waals surface area (Å²) < 4.78 is 32.2. The number of hydrogen-bond acceptors (Lipinski definition) is 5. The molecule has 0 unspecified atom stereocenters. The molecule has 0 bridgehead atoms. The summed E-state index contributed by atoms with van der Waals surface area (Å²) in [6, 6.07) is 14.7. The maximum Gasteiger partial charge on any atom is 0.264 e. The molecule has 3 rings (SSSR count). The molecule has 0 aromatic heterocycles. The van der Waals surface area contributed by atoms with Crippen LogP contribution < -0.4 is 10.0 Å². The number of amides is 1. The minimum absolute atomic E-state index is 0.0541. The molecule has 1 aliphatic rings. The SMILES string of the molecule is O=C(NS(=O)(=O)c1ccc(NCC2CCOCC2)cc1)c1ccccc1. The molecule has 7 heteroatoms. The summed E-state index contributed by atoms with van der Waals surface area (Å²) in [6.45, 7) is 2.43. The van der Waals surface area contributed by atoms with Crippen LogP contribution in [-0.4, -0.2) is 34.1 Å². The van der Waals surface area contributed by atoms with Gasteiger partial charge in [0, 0.05) is 31.0 Å². The zero-order valence-electron chi connectivity index (χ0n) is 14.4. The molecule has 26 heavy (non-hydrogen) atoms. The molecule has 0 aliphatic carbocycles. The number of nitrogens with one attached hydrogen (secondary N) is 2. The van der Waals surface area contributed by atoms with Gasteiger partial charge in [0.15, 0.2) is 0 Å². The minimum Gasteiger partial charge on any atom is -0.385 e. The second kappa shape index (κ2) is 8.33. The van der Waals surface area contributed by atoms with E-state index < -0.39 is 15.9 Å². The molecule has 2 N–H and O–H groups in total. The monoisotopic (exact) mass is 374 g/mol. The van der Waals surface area contributed by atoms with Crippen molar-refractivity contribution in [1.29, 1.82) is 0 Å². The Morgan fingerprint density at radius 1 is 1.00 bits per heavy atom.